The zero-order chi connectivity index (χ0) is 14.3. The van der Waals surface area contributed by atoms with Gasteiger partial charge in [0.1, 0.15) is 0 Å². The van der Waals surface area contributed by atoms with E-state index in [4.69, 9.17) is 15.2 Å². The van der Waals surface area contributed by atoms with Gasteiger partial charge in [0.15, 0.2) is 0 Å². The third-order valence-corrected chi connectivity index (χ3v) is 3.79. The molecule has 1 aliphatic rings. The van der Waals surface area contributed by atoms with Crippen molar-refractivity contribution in [3.8, 4) is 5.88 Å². The third-order valence-electron chi connectivity index (χ3n) is 3.79. The number of nitrogens with two attached hydrogens (primary N) is 1. The Bertz CT molecular complexity index is 443. The van der Waals surface area contributed by atoms with Gasteiger partial charge in [0.2, 0.25) is 5.88 Å². The monoisotopic (exact) mass is 265 g/mol. The van der Waals surface area contributed by atoms with Crippen molar-refractivity contribution in [1.82, 2.24) is 10.2 Å². The van der Waals surface area contributed by atoms with Crippen molar-refractivity contribution < 1.29 is 9.47 Å². The first-order chi connectivity index (χ1) is 8.75. The molecule has 2 atom stereocenters. The largest absolute Gasteiger partial charge is 0.480 e. The summed E-state index contributed by atoms with van der Waals surface area (Å²) in [5.74, 6) is 0.711. The number of nitrogens with zero attached hydrogens (tertiary/aromatic N) is 2. The molecule has 0 saturated carbocycles. The summed E-state index contributed by atoms with van der Waals surface area (Å²) in [6, 6.07) is 3.48. The van der Waals surface area contributed by atoms with Crippen molar-refractivity contribution in [1.29, 1.82) is 0 Å². The molecule has 1 aliphatic heterocycles. The minimum absolute atomic E-state index is 0.147. The number of methoxy groups -OCH3 is 1. The highest BCUT2D eigenvalue weighted by molar-refractivity contribution is 5.16. The van der Waals surface area contributed by atoms with Gasteiger partial charge in [-0.25, -0.2) is 0 Å². The average Bonchev–Trinajstić information content (AvgIpc) is 2.56. The quantitative estimate of drug-likeness (QED) is 0.906. The molecule has 0 spiro atoms. The van der Waals surface area contributed by atoms with Gasteiger partial charge in [-0.1, -0.05) is 0 Å². The minimum atomic E-state index is -0.259. The Morgan fingerprint density at radius 1 is 1.32 bits per heavy atom. The Hall–Kier alpha value is -1.20. The third kappa shape index (κ3) is 2.87. The maximum Gasteiger partial charge on any atom is 0.233 e. The number of ether oxygens (including phenoxy) is 2. The molecule has 5 nitrogen and oxygen atoms in total. The summed E-state index contributed by atoms with van der Waals surface area (Å²) in [6.07, 6.45) is 0.912. The van der Waals surface area contributed by atoms with Crippen LogP contribution in [-0.4, -0.2) is 28.5 Å². The molecular formula is C14H23N3O2. The number of hydrogen-bond donors (Lipinski definition) is 1. The van der Waals surface area contributed by atoms with E-state index in [1.165, 1.54) is 0 Å². The van der Waals surface area contributed by atoms with Gasteiger partial charge in [-0.2, -0.15) is 5.10 Å². The first kappa shape index (κ1) is 14.2. The first-order valence-electron chi connectivity index (χ1n) is 6.58. The SMILES string of the molecule is COc1ccc(C(N)C2CC(C)(C)OC2(C)C)nn1. The van der Waals surface area contributed by atoms with Crippen LogP contribution in [0.15, 0.2) is 12.1 Å². The van der Waals surface area contributed by atoms with Crippen LogP contribution < -0.4 is 10.5 Å². The molecule has 2 unspecified atom stereocenters. The van der Waals surface area contributed by atoms with Gasteiger partial charge in [-0.05, 0) is 40.2 Å². The highest BCUT2D eigenvalue weighted by atomic mass is 16.5. The van der Waals surface area contributed by atoms with E-state index in [2.05, 4.69) is 37.9 Å². The van der Waals surface area contributed by atoms with Crippen LogP contribution in [0.25, 0.3) is 0 Å². The van der Waals surface area contributed by atoms with E-state index in [9.17, 15) is 0 Å². The highest BCUT2D eigenvalue weighted by Crippen LogP contribution is 2.46. The summed E-state index contributed by atoms with van der Waals surface area (Å²) < 4.78 is 11.1. The van der Waals surface area contributed by atoms with Crippen molar-refractivity contribution in [2.24, 2.45) is 11.7 Å². The molecule has 0 radical (unpaired) electrons. The van der Waals surface area contributed by atoms with E-state index in [-0.39, 0.29) is 23.2 Å². The average molecular weight is 265 g/mol. The van der Waals surface area contributed by atoms with Gasteiger partial charge in [0.25, 0.3) is 0 Å². The van der Waals surface area contributed by atoms with Crippen LogP contribution >= 0.6 is 0 Å². The lowest BCUT2D eigenvalue weighted by Gasteiger charge is -2.30. The molecule has 0 amide bonds. The van der Waals surface area contributed by atoms with E-state index in [1.807, 2.05) is 6.07 Å². The normalized spacial score (nSPS) is 26.1. The zero-order valence-corrected chi connectivity index (χ0v) is 12.3. The van der Waals surface area contributed by atoms with E-state index in [1.54, 1.807) is 13.2 Å². The summed E-state index contributed by atoms with van der Waals surface area (Å²) >= 11 is 0. The first-order valence-corrected chi connectivity index (χ1v) is 6.58. The smallest absolute Gasteiger partial charge is 0.233 e. The molecule has 0 bridgehead atoms. The zero-order valence-electron chi connectivity index (χ0n) is 12.3. The summed E-state index contributed by atoms with van der Waals surface area (Å²) in [7, 11) is 1.57. The lowest BCUT2D eigenvalue weighted by molar-refractivity contribution is -0.0768. The summed E-state index contributed by atoms with van der Waals surface area (Å²) in [4.78, 5) is 0. The maximum atomic E-state index is 6.37. The fourth-order valence-corrected chi connectivity index (χ4v) is 2.99. The second-order valence-corrected chi connectivity index (χ2v) is 6.30. The fraction of sp³-hybridized carbons (Fsp3) is 0.714. The Kier molecular flexibility index (Phi) is 3.53. The molecule has 1 aromatic heterocycles. The molecule has 2 rings (SSSR count). The topological polar surface area (TPSA) is 70.3 Å². The Morgan fingerprint density at radius 2 is 2.00 bits per heavy atom. The molecule has 0 aliphatic carbocycles. The fourth-order valence-electron chi connectivity index (χ4n) is 2.99. The number of rotatable bonds is 3. The van der Waals surface area contributed by atoms with Crippen molar-refractivity contribution in [3.63, 3.8) is 0 Å². The molecule has 1 fully saturated rings. The molecule has 1 saturated heterocycles. The van der Waals surface area contributed by atoms with Crippen LogP contribution in [-0.2, 0) is 4.74 Å². The molecule has 5 heteroatoms. The summed E-state index contributed by atoms with van der Waals surface area (Å²) in [5, 5.41) is 8.13. The Morgan fingerprint density at radius 3 is 2.42 bits per heavy atom. The van der Waals surface area contributed by atoms with Gasteiger partial charge in [0, 0.05) is 12.0 Å². The van der Waals surface area contributed by atoms with E-state index in [0.29, 0.717) is 5.88 Å². The van der Waals surface area contributed by atoms with Crippen molar-refractivity contribution in [2.45, 2.75) is 51.4 Å². The molecule has 19 heavy (non-hydrogen) atoms. The standard InChI is InChI=1S/C14H23N3O2/c1-13(2)8-9(14(3,4)19-13)12(15)10-6-7-11(18-5)17-16-10/h6-7,9,12H,8,15H2,1-5H3. The summed E-state index contributed by atoms with van der Waals surface area (Å²) in [5.41, 5.74) is 6.74. The van der Waals surface area contributed by atoms with Crippen molar-refractivity contribution in [2.75, 3.05) is 7.11 Å². The molecule has 1 aromatic rings. The molecule has 2 heterocycles. The predicted molar refractivity (Wildman–Crippen MR) is 72.9 cm³/mol. The van der Waals surface area contributed by atoms with Crippen LogP contribution in [0.4, 0.5) is 0 Å². The lowest BCUT2D eigenvalue weighted by atomic mass is 9.81. The molecule has 106 valence electrons. The minimum Gasteiger partial charge on any atom is -0.480 e. The lowest BCUT2D eigenvalue weighted by Crippen LogP contribution is -2.36. The van der Waals surface area contributed by atoms with Crippen LogP contribution in [0.1, 0.15) is 45.9 Å². The molecule has 2 N–H and O–H groups in total. The highest BCUT2D eigenvalue weighted by Gasteiger charge is 2.48. The van der Waals surface area contributed by atoms with Crippen LogP contribution in [0, 0.1) is 5.92 Å². The van der Waals surface area contributed by atoms with Crippen LogP contribution in [0.3, 0.4) is 0 Å². The maximum absolute atomic E-state index is 6.37. The van der Waals surface area contributed by atoms with Gasteiger partial charge in [-0.3, -0.25) is 0 Å². The van der Waals surface area contributed by atoms with Crippen LogP contribution in [0.2, 0.25) is 0 Å². The number of aromatic nitrogens is 2. The van der Waals surface area contributed by atoms with E-state index in [0.717, 1.165) is 12.1 Å². The van der Waals surface area contributed by atoms with Gasteiger partial charge in [-0.15, -0.1) is 5.10 Å². The van der Waals surface area contributed by atoms with Gasteiger partial charge in [0.05, 0.1) is 30.0 Å². The van der Waals surface area contributed by atoms with E-state index < -0.39 is 0 Å². The van der Waals surface area contributed by atoms with E-state index >= 15 is 0 Å². The Labute approximate surface area is 114 Å². The number of hydrogen-bond acceptors (Lipinski definition) is 5. The van der Waals surface area contributed by atoms with Gasteiger partial charge >= 0.3 is 0 Å². The van der Waals surface area contributed by atoms with Crippen LogP contribution in [0.5, 0.6) is 5.88 Å². The summed E-state index contributed by atoms with van der Waals surface area (Å²) in [6.45, 7) is 8.37. The van der Waals surface area contributed by atoms with Crippen molar-refractivity contribution in [3.05, 3.63) is 17.8 Å². The predicted octanol–water partition coefficient (Wildman–Crippen LogP) is 2.08. The Balaban J connectivity index is 2.21. The molecule has 0 aromatic carbocycles. The second-order valence-electron chi connectivity index (χ2n) is 6.30. The van der Waals surface area contributed by atoms with Crippen molar-refractivity contribution >= 4 is 0 Å². The van der Waals surface area contributed by atoms with Gasteiger partial charge < -0.3 is 15.2 Å². The molecular weight excluding hydrogens is 242 g/mol. The second kappa shape index (κ2) is 4.72.